The molecule has 0 bridgehead atoms. The first-order valence-corrected chi connectivity index (χ1v) is 12.3. The Morgan fingerprint density at radius 1 is 1.09 bits per heavy atom. The first-order chi connectivity index (χ1) is 15.6. The zero-order valence-corrected chi connectivity index (χ0v) is 20.0. The maximum atomic E-state index is 13.3. The molecule has 32 heavy (non-hydrogen) atoms. The average molecular weight is 497 g/mol. The molecule has 1 aromatic carbocycles. The molecule has 2 aromatic heterocycles. The summed E-state index contributed by atoms with van der Waals surface area (Å²) in [5.41, 5.74) is 3.14. The number of fused-ring (bicyclic) bond motifs is 1. The molecule has 168 valence electrons. The minimum atomic E-state index is -0.0263. The fourth-order valence-corrected chi connectivity index (χ4v) is 5.17. The number of aromatic nitrogens is 1. The number of carbonyl (C=O) groups excluding carboxylic acids is 1. The van der Waals surface area contributed by atoms with Crippen LogP contribution in [0, 0.1) is 6.92 Å². The third-order valence-corrected chi connectivity index (χ3v) is 7.67. The Kier molecular flexibility index (Phi) is 6.20. The molecule has 6 nitrogen and oxygen atoms in total. The standard InChI is InChI=1S/C25H29BrN4O2/c1-17-15-18(7-8-21(17)26)27-24-20-9-14-32-23(20)16-22(28-24)25(31)30-12-10-29(11-13-30)19-5-3-2-4-6-19/h7-9,14-16,19H,2-6,10-13H2,1H3,(H,27,28). The molecule has 0 atom stereocenters. The molecule has 1 saturated carbocycles. The van der Waals surface area contributed by atoms with Gasteiger partial charge in [-0.05, 0) is 49.6 Å². The molecule has 3 heterocycles. The van der Waals surface area contributed by atoms with Gasteiger partial charge in [0, 0.05) is 48.4 Å². The molecular formula is C25H29BrN4O2. The summed E-state index contributed by atoms with van der Waals surface area (Å²) >= 11 is 3.54. The van der Waals surface area contributed by atoms with Gasteiger partial charge in [-0.3, -0.25) is 9.69 Å². The van der Waals surface area contributed by atoms with Gasteiger partial charge in [0.2, 0.25) is 0 Å². The summed E-state index contributed by atoms with van der Waals surface area (Å²) in [7, 11) is 0. The number of hydrogen-bond donors (Lipinski definition) is 1. The summed E-state index contributed by atoms with van der Waals surface area (Å²) in [4.78, 5) is 22.6. The Morgan fingerprint density at radius 3 is 2.62 bits per heavy atom. The number of hydrogen-bond acceptors (Lipinski definition) is 5. The van der Waals surface area contributed by atoms with Crippen LogP contribution in [0.2, 0.25) is 0 Å². The highest BCUT2D eigenvalue weighted by atomic mass is 79.9. The zero-order chi connectivity index (χ0) is 22.1. The molecule has 3 aromatic rings. The SMILES string of the molecule is Cc1cc(Nc2nc(C(=O)N3CCN(C4CCCCC4)CC3)cc3occc23)ccc1Br. The smallest absolute Gasteiger partial charge is 0.272 e. The highest BCUT2D eigenvalue weighted by molar-refractivity contribution is 9.10. The topological polar surface area (TPSA) is 61.6 Å². The molecule has 5 rings (SSSR count). The van der Waals surface area contributed by atoms with Crippen LogP contribution in [0.25, 0.3) is 11.0 Å². The summed E-state index contributed by atoms with van der Waals surface area (Å²) in [6, 6.07) is 10.4. The number of nitrogens with zero attached hydrogens (tertiary/aromatic N) is 3. The molecule has 1 amide bonds. The van der Waals surface area contributed by atoms with E-state index in [0.29, 0.717) is 23.1 Å². The number of benzene rings is 1. The zero-order valence-electron chi connectivity index (χ0n) is 18.4. The predicted octanol–water partition coefficient (Wildman–Crippen LogP) is 5.73. The van der Waals surface area contributed by atoms with E-state index in [9.17, 15) is 4.79 Å². The van der Waals surface area contributed by atoms with Crippen molar-refractivity contribution in [1.29, 1.82) is 0 Å². The molecule has 2 fully saturated rings. The van der Waals surface area contributed by atoms with Crippen molar-refractivity contribution >= 4 is 44.3 Å². The minimum absolute atomic E-state index is 0.0263. The molecular weight excluding hydrogens is 468 g/mol. The number of piperazine rings is 1. The molecule has 0 unspecified atom stereocenters. The van der Waals surface area contributed by atoms with E-state index in [1.54, 1.807) is 12.3 Å². The number of halogens is 1. The highest BCUT2D eigenvalue weighted by Gasteiger charge is 2.28. The van der Waals surface area contributed by atoms with Crippen LogP contribution >= 0.6 is 15.9 Å². The Balaban J connectivity index is 1.34. The summed E-state index contributed by atoms with van der Waals surface area (Å²) in [5.74, 6) is 0.615. The Hall–Kier alpha value is -2.38. The van der Waals surface area contributed by atoms with Crippen LogP contribution in [0.3, 0.4) is 0 Å². The fraction of sp³-hybridized carbons (Fsp3) is 0.440. The molecule has 1 saturated heterocycles. The summed E-state index contributed by atoms with van der Waals surface area (Å²) in [6.45, 7) is 5.44. The Bertz CT molecular complexity index is 1110. The Morgan fingerprint density at radius 2 is 1.88 bits per heavy atom. The summed E-state index contributed by atoms with van der Waals surface area (Å²) < 4.78 is 6.70. The van der Waals surface area contributed by atoms with E-state index < -0.39 is 0 Å². The Labute approximate surface area is 197 Å². The van der Waals surface area contributed by atoms with Crippen molar-refractivity contribution in [3.05, 3.63) is 52.3 Å². The molecule has 2 aliphatic rings. The third kappa shape index (κ3) is 4.41. The fourth-order valence-electron chi connectivity index (χ4n) is 4.93. The first kappa shape index (κ1) is 21.5. The van der Waals surface area contributed by atoms with Gasteiger partial charge in [-0.1, -0.05) is 35.2 Å². The number of carbonyl (C=O) groups is 1. The highest BCUT2D eigenvalue weighted by Crippen LogP contribution is 2.29. The van der Waals surface area contributed by atoms with Crippen LogP contribution in [0.4, 0.5) is 11.5 Å². The van der Waals surface area contributed by atoms with Crippen LogP contribution in [0.5, 0.6) is 0 Å². The normalized spacial score (nSPS) is 18.2. The molecule has 0 radical (unpaired) electrons. The maximum absolute atomic E-state index is 13.3. The molecule has 7 heteroatoms. The number of nitrogens with one attached hydrogen (secondary N) is 1. The summed E-state index contributed by atoms with van der Waals surface area (Å²) in [6.07, 6.45) is 8.28. The lowest BCUT2D eigenvalue weighted by Gasteiger charge is -2.40. The van der Waals surface area contributed by atoms with Gasteiger partial charge in [-0.25, -0.2) is 4.98 Å². The van der Waals surface area contributed by atoms with Gasteiger partial charge in [0.25, 0.3) is 5.91 Å². The average Bonchev–Trinajstić information content (AvgIpc) is 3.31. The molecule has 1 N–H and O–H groups in total. The second kappa shape index (κ2) is 9.24. The van der Waals surface area contributed by atoms with Gasteiger partial charge in [-0.2, -0.15) is 0 Å². The van der Waals surface area contributed by atoms with E-state index in [0.717, 1.165) is 47.3 Å². The second-order valence-electron chi connectivity index (χ2n) is 8.90. The van der Waals surface area contributed by atoms with E-state index in [2.05, 4.69) is 32.2 Å². The molecule has 1 aliphatic heterocycles. The van der Waals surface area contributed by atoms with E-state index in [4.69, 9.17) is 9.40 Å². The van der Waals surface area contributed by atoms with Crippen LogP contribution in [0.1, 0.15) is 48.2 Å². The largest absolute Gasteiger partial charge is 0.464 e. The van der Waals surface area contributed by atoms with Gasteiger partial charge >= 0.3 is 0 Å². The van der Waals surface area contributed by atoms with Crippen molar-refractivity contribution in [3.63, 3.8) is 0 Å². The van der Waals surface area contributed by atoms with Crippen molar-refractivity contribution in [2.24, 2.45) is 0 Å². The number of aryl methyl sites for hydroxylation is 1. The van der Waals surface area contributed by atoms with E-state index in [-0.39, 0.29) is 5.91 Å². The van der Waals surface area contributed by atoms with Crippen molar-refractivity contribution in [1.82, 2.24) is 14.8 Å². The van der Waals surface area contributed by atoms with E-state index >= 15 is 0 Å². The van der Waals surface area contributed by atoms with Crippen molar-refractivity contribution < 1.29 is 9.21 Å². The quantitative estimate of drug-likeness (QED) is 0.499. The van der Waals surface area contributed by atoms with Crippen LogP contribution in [-0.4, -0.2) is 52.9 Å². The number of pyridine rings is 1. The number of rotatable bonds is 4. The lowest BCUT2D eigenvalue weighted by Crippen LogP contribution is -2.52. The van der Waals surface area contributed by atoms with Gasteiger partial charge in [-0.15, -0.1) is 0 Å². The number of furan rings is 1. The van der Waals surface area contributed by atoms with Gasteiger partial charge in [0.05, 0.1) is 11.6 Å². The molecule has 1 aliphatic carbocycles. The predicted molar refractivity (Wildman–Crippen MR) is 131 cm³/mol. The third-order valence-electron chi connectivity index (χ3n) is 6.78. The minimum Gasteiger partial charge on any atom is -0.464 e. The monoisotopic (exact) mass is 496 g/mol. The van der Waals surface area contributed by atoms with Gasteiger partial charge in [0.1, 0.15) is 17.1 Å². The van der Waals surface area contributed by atoms with Crippen LogP contribution in [-0.2, 0) is 0 Å². The maximum Gasteiger partial charge on any atom is 0.272 e. The van der Waals surface area contributed by atoms with Crippen molar-refractivity contribution in [3.8, 4) is 0 Å². The van der Waals surface area contributed by atoms with Gasteiger partial charge < -0.3 is 14.6 Å². The van der Waals surface area contributed by atoms with E-state index in [1.165, 1.54) is 32.1 Å². The number of anilines is 2. The van der Waals surface area contributed by atoms with Crippen LogP contribution < -0.4 is 5.32 Å². The lowest BCUT2D eigenvalue weighted by atomic mass is 9.94. The van der Waals surface area contributed by atoms with Gasteiger partial charge in [0.15, 0.2) is 0 Å². The van der Waals surface area contributed by atoms with E-state index in [1.807, 2.05) is 30.0 Å². The molecule has 0 spiro atoms. The van der Waals surface area contributed by atoms with Crippen molar-refractivity contribution in [2.75, 3.05) is 31.5 Å². The van der Waals surface area contributed by atoms with Crippen LogP contribution in [0.15, 0.2) is 45.5 Å². The number of amides is 1. The lowest BCUT2D eigenvalue weighted by molar-refractivity contribution is 0.0518. The summed E-state index contributed by atoms with van der Waals surface area (Å²) in [5, 5.41) is 4.24. The first-order valence-electron chi connectivity index (χ1n) is 11.5. The van der Waals surface area contributed by atoms with Crippen molar-refractivity contribution in [2.45, 2.75) is 45.1 Å². The second-order valence-corrected chi connectivity index (χ2v) is 9.75.